The number of nitrogens with zero attached hydrogens (tertiary/aromatic N) is 4. The van der Waals surface area contributed by atoms with Crippen molar-refractivity contribution in [3.8, 4) is 5.69 Å². The van der Waals surface area contributed by atoms with E-state index < -0.39 is 11.4 Å². The predicted molar refractivity (Wildman–Crippen MR) is 82.1 cm³/mol. The number of carbonyl (C=O) groups is 2. The van der Waals surface area contributed by atoms with Gasteiger partial charge in [0.2, 0.25) is 0 Å². The zero-order valence-electron chi connectivity index (χ0n) is 13.1. The molecule has 2 rings (SSSR count). The first-order valence-electron chi connectivity index (χ1n) is 7.38. The summed E-state index contributed by atoms with van der Waals surface area (Å²) in [5.74, 6) is -1.26. The predicted octanol–water partition coefficient (Wildman–Crippen LogP) is 1.28. The third-order valence-electron chi connectivity index (χ3n) is 4.14. The maximum Gasteiger partial charge on any atom is 0.311 e. The SMILES string of the molecule is CCC(CC)(CNC(=O)c1ccccc1-n1cnnn1)C(=O)O. The molecule has 8 nitrogen and oxygen atoms in total. The Morgan fingerprint density at radius 1 is 1.26 bits per heavy atom. The molecule has 1 aromatic carbocycles. The normalized spacial score (nSPS) is 11.2. The summed E-state index contributed by atoms with van der Waals surface area (Å²) in [4.78, 5) is 24.0. The number of hydrogen-bond acceptors (Lipinski definition) is 5. The van der Waals surface area contributed by atoms with Crippen LogP contribution >= 0.6 is 0 Å². The first-order chi connectivity index (χ1) is 11.0. The number of carbonyl (C=O) groups excluding carboxylic acids is 1. The van der Waals surface area contributed by atoms with Crippen molar-refractivity contribution in [1.29, 1.82) is 0 Å². The molecule has 0 unspecified atom stereocenters. The smallest absolute Gasteiger partial charge is 0.311 e. The monoisotopic (exact) mass is 317 g/mol. The Labute approximate surface area is 133 Å². The van der Waals surface area contributed by atoms with Gasteiger partial charge in [-0.25, -0.2) is 0 Å². The molecule has 0 aliphatic heterocycles. The molecule has 0 radical (unpaired) electrons. The van der Waals surface area contributed by atoms with Crippen LogP contribution in [0.3, 0.4) is 0 Å². The van der Waals surface area contributed by atoms with Gasteiger partial charge in [-0.1, -0.05) is 26.0 Å². The van der Waals surface area contributed by atoms with E-state index in [0.717, 1.165) is 0 Å². The standard InChI is InChI=1S/C15H19N5O3/c1-3-15(4-2,14(22)23)9-16-13(21)11-7-5-6-8-12(11)20-10-17-18-19-20/h5-8,10H,3-4,9H2,1-2H3,(H,16,21)(H,22,23). The van der Waals surface area contributed by atoms with Gasteiger partial charge in [0.1, 0.15) is 6.33 Å². The van der Waals surface area contributed by atoms with Gasteiger partial charge in [-0.2, -0.15) is 4.68 Å². The molecule has 2 aromatic rings. The summed E-state index contributed by atoms with van der Waals surface area (Å²) in [6, 6.07) is 6.86. The topological polar surface area (TPSA) is 110 Å². The summed E-state index contributed by atoms with van der Waals surface area (Å²) in [6.45, 7) is 3.68. The molecular formula is C15H19N5O3. The van der Waals surface area contributed by atoms with Crippen molar-refractivity contribution in [3.05, 3.63) is 36.2 Å². The average molecular weight is 317 g/mol. The Morgan fingerprint density at radius 3 is 2.52 bits per heavy atom. The van der Waals surface area contributed by atoms with Gasteiger partial charge in [-0.05, 0) is 35.4 Å². The first kappa shape index (κ1) is 16.6. The van der Waals surface area contributed by atoms with E-state index in [2.05, 4.69) is 20.8 Å². The largest absolute Gasteiger partial charge is 0.481 e. The Bertz CT molecular complexity index is 680. The molecule has 1 aromatic heterocycles. The van der Waals surface area contributed by atoms with Crippen LogP contribution in [0.4, 0.5) is 0 Å². The lowest BCUT2D eigenvalue weighted by Crippen LogP contribution is -2.42. The number of aliphatic carboxylic acids is 1. The molecule has 0 saturated carbocycles. The zero-order valence-corrected chi connectivity index (χ0v) is 13.1. The molecule has 1 amide bonds. The molecule has 0 fully saturated rings. The highest BCUT2D eigenvalue weighted by molar-refractivity contribution is 5.98. The number of hydrogen-bond donors (Lipinski definition) is 2. The van der Waals surface area contributed by atoms with E-state index in [4.69, 9.17) is 0 Å². The van der Waals surface area contributed by atoms with Crippen molar-refractivity contribution in [1.82, 2.24) is 25.5 Å². The summed E-state index contributed by atoms with van der Waals surface area (Å²) < 4.78 is 1.39. The van der Waals surface area contributed by atoms with Gasteiger partial charge in [0.25, 0.3) is 5.91 Å². The maximum atomic E-state index is 12.5. The van der Waals surface area contributed by atoms with Crippen LogP contribution in [-0.4, -0.2) is 43.7 Å². The first-order valence-corrected chi connectivity index (χ1v) is 7.38. The van der Waals surface area contributed by atoms with Crippen LogP contribution in [0.2, 0.25) is 0 Å². The Balaban J connectivity index is 2.21. The van der Waals surface area contributed by atoms with Gasteiger partial charge in [-0.3, -0.25) is 9.59 Å². The van der Waals surface area contributed by atoms with Crippen LogP contribution in [0, 0.1) is 5.41 Å². The number of tetrazole rings is 1. The third-order valence-corrected chi connectivity index (χ3v) is 4.14. The number of amides is 1. The van der Waals surface area contributed by atoms with Crippen molar-refractivity contribution in [3.63, 3.8) is 0 Å². The Hall–Kier alpha value is -2.77. The van der Waals surface area contributed by atoms with E-state index in [1.165, 1.54) is 11.0 Å². The van der Waals surface area contributed by atoms with Crippen molar-refractivity contribution >= 4 is 11.9 Å². The highest BCUT2D eigenvalue weighted by Gasteiger charge is 2.35. The van der Waals surface area contributed by atoms with E-state index in [9.17, 15) is 14.7 Å². The van der Waals surface area contributed by atoms with Crippen LogP contribution in [-0.2, 0) is 4.79 Å². The minimum Gasteiger partial charge on any atom is -0.481 e. The zero-order chi connectivity index (χ0) is 16.9. The molecule has 1 heterocycles. The molecular weight excluding hydrogens is 298 g/mol. The molecule has 2 N–H and O–H groups in total. The molecule has 122 valence electrons. The number of carboxylic acids is 1. The van der Waals surface area contributed by atoms with E-state index in [0.29, 0.717) is 24.1 Å². The van der Waals surface area contributed by atoms with Crippen LogP contribution in [0.5, 0.6) is 0 Å². The van der Waals surface area contributed by atoms with E-state index in [-0.39, 0.29) is 12.5 Å². The van der Waals surface area contributed by atoms with Gasteiger partial charge in [0.15, 0.2) is 0 Å². The van der Waals surface area contributed by atoms with Crippen LogP contribution in [0.15, 0.2) is 30.6 Å². The van der Waals surface area contributed by atoms with Gasteiger partial charge >= 0.3 is 5.97 Å². The number of para-hydroxylation sites is 1. The Kier molecular flexibility index (Phi) is 5.05. The third kappa shape index (κ3) is 3.36. The van der Waals surface area contributed by atoms with Gasteiger partial charge in [0, 0.05) is 6.54 Å². The molecule has 0 saturated heterocycles. The van der Waals surface area contributed by atoms with Crippen LogP contribution < -0.4 is 5.32 Å². The van der Waals surface area contributed by atoms with Gasteiger partial charge < -0.3 is 10.4 Å². The van der Waals surface area contributed by atoms with E-state index >= 15 is 0 Å². The molecule has 0 aliphatic carbocycles. The van der Waals surface area contributed by atoms with Crippen LogP contribution in [0.1, 0.15) is 37.0 Å². The summed E-state index contributed by atoms with van der Waals surface area (Å²) in [5.41, 5.74) is -0.0467. The Morgan fingerprint density at radius 2 is 1.96 bits per heavy atom. The lowest BCUT2D eigenvalue weighted by molar-refractivity contribution is -0.149. The number of carboxylic acid groups (broad SMARTS) is 1. The minimum atomic E-state index is -0.959. The van der Waals surface area contributed by atoms with Gasteiger partial charge in [0.05, 0.1) is 16.7 Å². The number of rotatable bonds is 7. The van der Waals surface area contributed by atoms with E-state index in [1.54, 1.807) is 38.1 Å². The molecule has 8 heteroatoms. The van der Waals surface area contributed by atoms with Crippen molar-refractivity contribution < 1.29 is 14.7 Å². The fourth-order valence-corrected chi connectivity index (χ4v) is 2.36. The molecule has 0 aliphatic rings. The summed E-state index contributed by atoms with van der Waals surface area (Å²) in [5, 5.41) is 23.0. The lowest BCUT2D eigenvalue weighted by atomic mass is 9.82. The van der Waals surface area contributed by atoms with Gasteiger partial charge in [-0.15, -0.1) is 5.10 Å². The average Bonchev–Trinajstić information content (AvgIpc) is 3.10. The van der Waals surface area contributed by atoms with Crippen molar-refractivity contribution in [2.45, 2.75) is 26.7 Å². The van der Waals surface area contributed by atoms with Crippen molar-refractivity contribution in [2.24, 2.45) is 5.41 Å². The summed E-state index contributed by atoms with van der Waals surface area (Å²) >= 11 is 0. The van der Waals surface area contributed by atoms with E-state index in [1.807, 2.05) is 0 Å². The number of nitrogens with one attached hydrogen (secondary N) is 1. The summed E-state index contributed by atoms with van der Waals surface area (Å²) in [6.07, 6.45) is 2.27. The maximum absolute atomic E-state index is 12.5. The summed E-state index contributed by atoms with van der Waals surface area (Å²) in [7, 11) is 0. The second kappa shape index (κ2) is 6.99. The molecule has 23 heavy (non-hydrogen) atoms. The lowest BCUT2D eigenvalue weighted by Gasteiger charge is -2.27. The highest BCUT2D eigenvalue weighted by Crippen LogP contribution is 2.26. The molecule has 0 spiro atoms. The van der Waals surface area contributed by atoms with Crippen molar-refractivity contribution in [2.75, 3.05) is 6.54 Å². The number of aromatic nitrogens is 4. The second-order valence-electron chi connectivity index (χ2n) is 5.25. The highest BCUT2D eigenvalue weighted by atomic mass is 16.4. The minimum absolute atomic E-state index is 0.0676. The number of benzene rings is 1. The fraction of sp³-hybridized carbons (Fsp3) is 0.400. The fourth-order valence-electron chi connectivity index (χ4n) is 2.36. The second-order valence-corrected chi connectivity index (χ2v) is 5.25. The molecule has 0 atom stereocenters. The molecule has 0 bridgehead atoms. The van der Waals surface area contributed by atoms with Crippen LogP contribution in [0.25, 0.3) is 5.69 Å². The quantitative estimate of drug-likeness (QED) is 0.796.